The van der Waals surface area contributed by atoms with Crippen molar-refractivity contribution < 1.29 is 14.6 Å². The SMILES string of the molecule is Cc1cc(Cl)ccc1-c1cccc(COc2ccc([C@H](CC(=O)O)c3nnnn3C)cc2)c1. The van der Waals surface area contributed by atoms with Gasteiger partial charge in [0.2, 0.25) is 0 Å². The summed E-state index contributed by atoms with van der Waals surface area (Å²) in [5, 5.41) is 21.5. The summed E-state index contributed by atoms with van der Waals surface area (Å²) in [7, 11) is 1.70. The number of tetrazole rings is 1. The number of hydrogen-bond acceptors (Lipinski definition) is 5. The smallest absolute Gasteiger partial charge is 0.304 e. The average Bonchev–Trinajstić information content (AvgIpc) is 3.22. The van der Waals surface area contributed by atoms with Crippen LogP contribution in [0, 0.1) is 6.92 Å². The zero-order valence-corrected chi connectivity index (χ0v) is 19.0. The Morgan fingerprint density at radius 1 is 1.12 bits per heavy atom. The van der Waals surface area contributed by atoms with Gasteiger partial charge < -0.3 is 9.84 Å². The lowest BCUT2D eigenvalue weighted by molar-refractivity contribution is -0.137. The van der Waals surface area contributed by atoms with Gasteiger partial charge in [-0.3, -0.25) is 4.79 Å². The van der Waals surface area contributed by atoms with Gasteiger partial charge in [0.1, 0.15) is 12.4 Å². The fourth-order valence-corrected chi connectivity index (χ4v) is 4.03. The summed E-state index contributed by atoms with van der Waals surface area (Å²) in [4.78, 5) is 11.4. The summed E-state index contributed by atoms with van der Waals surface area (Å²) >= 11 is 6.09. The molecule has 0 spiro atoms. The molecular formula is C25H23ClN4O3. The fraction of sp³-hybridized carbons (Fsp3) is 0.200. The van der Waals surface area contributed by atoms with Gasteiger partial charge in [0, 0.05) is 12.1 Å². The second-order valence-corrected chi connectivity index (χ2v) is 8.26. The maximum absolute atomic E-state index is 11.4. The molecule has 1 heterocycles. The van der Waals surface area contributed by atoms with Crippen molar-refractivity contribution in [3.63, 3.8) is 0 Å². The molecule has 7 nitrogen and oxygen atoms in total. The van der Waals surface area contributed by atoms with Gasteiger partial charge >= 0.3 is 5.97 Å². The Kier molecular flexibility index (Phi) is 6.70. The van der Waals surface area contributed by atoms with E-state index in [1.54, 1.807) is 7.05 Å². The second kappa shape index (κ2) is 9.83. The summed E-state index contributed by atoms with van der Waals surface area (Å²) in [6.07, 6.45) is -0.106. The summed E-state index contributed by atoms with van der Waals surface area (Å²) < 4.78 is 7.47. The third-order valence-corrected chi connectivity index (χ3v) is 5.69. The predicted molar refractivity (Wildman–Crippen MR) is 125 cm³/mol. The quantitative estimate of drug-likeness (QED) is 0.395. The van der Waals surface area contributed by atoms with Crippen LogP contribution in [0.2, 0.25) is 5.02 Å². The number of aryl methyl sites for hydroxylation is 2. The van der Waals surface area contributed by atoms with Gasteiger partial charge in [0.15, 0.2) is 5.82 Å². The van der Waals surface area contributed by atoms with Crippen molar-refractivity contribution in [2.75, 3.05) is 0 Å². The highest BCUT2D eigenvalue weighted by Gasteiger charge is 2.23. The molecule has 4 aromatic rings. The van der Waals surface area contributed by atoms with Crippen molar-refractivity contribution in [3.8, 4) is 16.9 Å². The molecule has 0 saturated heterocycles. The van der Waals surface area contributed by atoms with Gasteiger partial charge in [-0.05, 0) is 75.5 Å². The first-order valence-electron chi connectivity index (χ1n) is 10.4. The molecule has 1 atom stereocenters. The lowest BCUT2D eigenvalue weighted by Crippen LogP contribution is -2.13. The van der Waals surface area contributed by atoms with Gasteiger partial charge in [-0.1, -0.05) is 48.0 Å². The molecule has 1 aromatic heterocycles. The van der Waals surface area contributed by atoms with Crippen LogP contribution >= 0.6 is 11.6 Å². The van der Waals surface area contributed by atoms with E-state index in [0.717, 1.165) is 32.8 Å². The lowest BCUT2D eigenvalue weighted by Gasteiger charge is -2.15. The number of halogens is 1. The number of benzene rings is 3. The molecule has 0 unspecified atom stereocenters. The van der Waals surface area contributed by atoms with E-state index in [4.69, 9.17) is 16.3 Å². The van der Waals surface area contributed by atoms with E-state index in [1.165, 1.54) is 4.68 Å². The summed E-state index contributed by atoms with van der Waals surface area (Å²) in [5.41, 5.74) is 5.20. The summed E-state index contributed by atoms with van der Waals surface area (Å²) in [5.74, 6) is -0.174. The van der Waals surface area contributed by atoms with Crippen molar-refractivity contribution in [1.82, 2.24) is 20.2 Å². The second-order valence-electron chi connectivity index (χ2n) is 7.83. The highest BCUT2D eigenvalue weighted by atomic mass is 35.5. The minimum absolute atomic E-state index is 0.106. The standard InChI is InChI=1S/C25H23ClN4O3/c1-16-12-20(26)8-11-22(16)19-5-3-4-17(13-19)15-33-21-9-6-18(7-10-21)23(14-24(31)32)25-27-28-29-30(25)2/h3-13,23H,14-15H2,1-2H3,(H,31,32)/t23-/m0/s1. The molecule has 1 N–H and O–H groups in total. The van der Waals surface area contributed by atoms with E-state index in [1.807, 2.05) is 61.5 Å². The Balaban J connectivity index is 1.47. The molecule has 168 valence electrons. The Bertz CT molecular complexity index is 1270. The molecule has 33 heavy (non-hydrogen) atoms. The van der Waals surface area contributed by atoms with Crippen LogP contribution in [0.3, 0.4) is 0 Å². The first-order chi connectivity index (χ1) is 15.9. The van der Waals surface area contributed by atoms with Crippen LogP contribution in [0.5, 0.6) is 5.75 Å². The molecule has 0 aliphatic heterocycles. The number of hydrogen-bond donors (Lipinski definition) is 1. The zero-order valence-electron chi connectivity index (χ0n) is 18.3. The van der Waals surface area contributed by atoms with Crippen LogP contribution in [0.4, 0.5) is 0 Å². The topological polar surface area (TPSA) is 90.1 Å². The minimum atomic E-state index is -0.917. The molecule has 0 amide bonds. The van der Waals surface area contributed by atoms with Crippen molar-refractivity contribution in [1.29, 1.82) is 0 Å². The van der Waals surface area contributed by atoms with E-state index in [0.29, 0.717) is 18.2 Å². The Labute approximate surface area is 196 Å². The lowest BCUT2D eigenvalue weighted by atomic mass is 9.95. The van der Waals surface area contributed by atoms with Crippen LogP contribution < -0.4 is 4.74 Å². The van der Waals surface area contributed by atoms with Gasteiger partial charge in [0.05, 0.1) is 12.3 Å². The maximum atomic E-state index is 11.4. The highest BCUT2D eigenvalue weighted by molar-refractivity contribution is 6.30. The van der Waals surface area contributed by atoms with E-state index in [-0.39, 0.29) is 6.42 Å². The molecule has 8 heteroatoms. The van der Waals surface area contributed by atoms with E-state index in [9.17, 15) is 9.90 Å². The first kappa shape index (κ1) is 22.5. The summed E-state index contributed by atoms with van der Waals surface area (Å²) in [6, 6.07) is 21.4. The number of carboxylic acid groups (broad SMARTS) is 1. The molecule has 3 aromatic carbocycles. The van der Waals surface area contributed by atoms with Crippen molar-refractivity contribution in [3.05, 3.63) is 94.3 Å². The van der Waals surface area contributed by atoms with Crippen molar-refractivity contribution in [2.45, 2.75) is 25.9 Å². The molecular weight excluding hydrogens is 440 g/mol. The molecule has 0 aliphatic rings. The highest BCUT2D eigenvalue weighted by Crippen LogP contribution is 2.29. The number of carbonyl (C=O) groups is 1. The molecule has 0 aliphatic carbocycles. The molecule has 0 radical (unpaired) electrons. The molecule has 0 saturated carbocycles. The summed E-state index contributed by atoms with van der Waals surface area (Å²) in [6.45, 7) is 2.45. The number of aromatic nitrogens is 4. The minimum Gasteiger partial charge on any atom is -0.489 e. The molecule has 4 rings (SSSR count). The number of aliphatic carboxylic acids is 1. The third-order valence-electron chi connectivity index (χ3n) is 5.46. The third kappa shape index (κ3) is 5.38. The van der Waals surface area contributed by atoms with Crippen LogP contribution in [-0.2, 0) is 18.4 Å². The number of ether oxygens (including phenoxy) is 1. The average molecular weight is 463 g/mol. The predicted octanol–water partition coefficient (Wildman–Crippen LogP) is 5.02. The first-order valence-corrected chi connectivity index (χ1v) is 10.8. The van der Waals surface area contributed by atoms with Crippen molar-refractivity contribution >= 4 is 17.6 Å². The van der Waals surface area contributed by atoms with Crippen LogP contribution in [0.25, 0.3) is 11.1 Å². The van der Waals surface area contributed by atoms with E-state index in [2.05, 4.69) is 27.7 Å². The van der Waals surface area contributed by atoms with Crippen molar-refractivity contribution in [2.24, 2.45) is 7.05 Å². The van der Waals surface area contributed by atoms with Crippen LogP contribution in [-0.4, -0.2) is 31.3 Å². The Morgan fingerprint density at radius 3 is 2.58 bits per heavy atom. The Hall–Kier alpha value is -3.71. The largest absolute Gasteiger partial charge is 0.489 e. The fourth-order valence-electron chi connectivity index (χ4n) is 3.81. The molecule has 0 bridgehead atoms. The van der Waals surface area contributed by atoms with Gasteiger partial charge in [-0.15, -0.1) is 5.10 Å². The number of carboxylic acids is 1. The van der Waals surface area contributed by atoms with Gasteiger partial charge in [-0.25, -0.2) is 4.68 Å². The van der Waals surface area contributed by atoms with Crippen LogP contribution in [0.15, 0.2) is 66.7 Å². The Morgan fingerprint density at radius 2 is 1.91 bits per heavy atom. The maximum Gasteiger partial charge on any atom is 0.304 e. The van der Waals surface area contributed by atoms with E-state index < -0.39 is 11.9 Å². The number of rotatable bonds is 8. The van der Waals surface area contributed by atoms with Gasteiger partial charge in [0.25, 0.3) is 0 Å². The number of nitrogens with zero attached hydrogens (tertiary/aromatic N) is 4. The normalized spacial score (nSPS) is 11.8. The van der Waals surface area contributed by atoms with Gasteiger partial charge in [-0.2, -0.15) is 0 Å². The van der Waals surface area contributed by atoms with E-state index >= 15 is 0 Å². The molecule has 0 fully saturated rings. The monoisotopic (exact) mass is 462 g/mol. The zero-order chi connectivity index (χ0) is 23.4. The van der Waals surface area contributed by atoms with Crippen LogP contribution in [0.1, 0.15) is 34.9 Å².